The monoisotopic (exact) mass is 279 g/mol. The number of aliphatic hydroxyl groups excluding tert-OH is 1. The van der Waals surface area contributed by atoms with Crippen LogP contribution in [-0.4, -0.2) is 20.2 Å². The molecular weight excluding hydrogens is 266 g/mol. The number of nitro benzene ring substituents is 1. The van der Waals surface area contributed by atoms with Gasteiger partial charge in [0.25, 0.3) is 5.89 Å². The molecule has 0 saturated heterocycles. The molecule has 0 aliphatic heterocycles. The van der Waals surface area contributed by atoms with E-state index in [1.807, 2.05) is 6.92 Å². The third kappa shape index (κ3) is 3.09. The molecule has 1 N–H and O–H groups in total. The van der Waals surface area contributed by atoms with Gasteiger partial charge < -0.3 is 14.4 Å². The Labute approximate surface area is 114 Å². The molecule has 8 nitrogen and oxygen atoms in total. The normalized spacial score (nSPS) is 10.5. The van der Waals surface area contributed by atoms with E-state index < -0.39 is 4.92 Å². The van der Waals surface area contributed by atoms with Gasteiger partial charge in [0.1, 0.15) is 0 Å². The molecule has 0 bridgehead atoms. The Morgan fingerprint density at radius 2 is 2.30 bits per heavy atom. The zero-order chi connectivity index (χ0) is 14.5. The number of hydrogen-bond donors (Lipinski definition) is 1. The van der Waals surface area contributed by atoms with Crippen molar-refractivity contribution >= 4 is 5.69 Å². The number of aryl methyl sites for hydroxylation is 1. The van der Waals surface area contributed by atoms with Crippen molar-refractivity contribution in [1.29, 1.82) is 0 Å². The van der Waals surface area contributed by atoms with Gasteiger partial charge in [-0.1, -0.05) is 12.1 Å². The van der Waals surface area contributed by atoms with Crippen LogP contribution in [0.15, 0.2) is 22.7 Å². The highest BCUT2D eigenvalue weighted by atomic mass is 16.6. The number of nitrogens with zero attached hydrogens (tertiary/aromatic N) is 3. The summed E-state index contributed by atoms with van der Waals surface area (Å²) in [6.45, 7) is 1.59. The topological polar surface area (TPSA) is 112 Å². The molecule has 106 valence electrons. The molecule has 8 heteroatoms. The Morgan fingerprint density at radius 3 is 2.90 bits per heavy atom. The molecule has 0 aliphatic rings. The van der Waals surface area contributed by atoms with Gasteiger partial charge in [0, 0.05) is 12.5 Å². The number of hydrogen-bond acceptors (Lipinski definition) is 7. The minimum absolute atomic E-state index is 0.0535. The molecule has 2 aromatic rings. The highest BCUT2D eigenvalue weighted by Crippen LogP contribution is 2.28. The summed E-state index contributed by atoms with van der Waals surface area (Å²) in [6.07, 6.45) is 0.629. The van der Waals surface area contributed by atoms with Crippen LogP contribution in [0.25, 0.3) is 0 Å². The molecule has 0 spiro atoms. The number of benzene rings is 1. The molecule has 0 unspecified atom stereocenters. The van der Waals surface area contributed by atoms with E-state index in [1.165, 1.54) is 18.2 Å². The van der Waals surface area contributed by atoms with E-state index >= 15 is 0 Å². The fraction of sp³-hybridized carbons (Fsp3) is 0.333. The Kier molecular flexibility index (Phi) is 4.26. The Hall–Kier alpha value is -2.48. The van der Waals surface area contributed by atoms with Crippen molar-refractivity contribution < 1.29 is 19.3 Å². The molecule has 2 rings (SSSR count). The maximum atomic E-state index is 10.9. The molecule has 20 heavy (non-hydrogen) atoms. The van der Waals surface area contributed by atoms with Crippen molar-refractivity contribution in [3.05, 3.63) is 45.6 Å². The smallest absolute Gasteiger partial charge is 0.310 e. The number of aliphatic hydroxyl groups is 1. The molecule has 1 aromatic heterocycles. The lowest BCUT2D eigenvalue weighted by Gasteiger charge is -2.05. The van der Waals surface area contributed by atoms with Gasteiger partial charge >= 0.3 is 5.69 Å². The largest absolute Gasteiger partial charge is 0.477 e. The molecule has 0 atom stereocenters. The highest BCUT2D eigenvalue weighted by Gasteiger charge is 2.16. The quantitative estimate of drug-likeness (QED) is 0.631. The van der Waals surface area contributed by atoms with Crippen LogP contribution >= 0.6 is 0 Å². The summed E-state index contributed by atoms with van der Waals surface area (Å²) < 4.78 is 10.3. The molecule has 1 heterocycles. The SMILES string of the molecule is CCc1noc(COc2cc(CO)ccc2[N+](=O)[O-])n1. The standard InChI is InChI=1S/C12H13N3O5/c1-2-11-13-12(20-14-11)7-19-10-5-8(6-16)3-4-9(10)15(17)18/h3-5,16H,2,6-7H2,1H3. The van der Waals surface area contributed by atoms with Crippen LogP contribution in [-0.2, 0) is 19.6 Å². The predicted molar refractivity (Wildman–Crippen MR) is 67.0 cm³/mol. The van der Waals surface area contributed by atoms with Crippen LogP contribution in [0.2, 0.25) is 0 Å². The first-order valence-corrected chi connectivity index (χ1v) is 5.96. The lowest BCUT2D eigenvalue weighted by molar-refractivity contribution is -0.386. The van der Waals surface area contributed by atoms with Crippen molar-refractivity contribution in [3.63, 3.8) is 0 Å². The second kappa shape index (κ2) is 6.11. The van der Waals surface area contributed by atoms with Gasteiger partial charge in [0.15, 0.2) is 18.2 Å². The fourth-order valence-corrected chi connectivity index (χ4v) is 1.56. The summed E-state index contributed by atoms with van der Waals surface area (Å²) in [7, 11) is 0. The summed E-state index contributed by atoms with van der Waals surface area (Å²) in [4.78, 5) is 14.4. The minimum atomic E-state index is -0.554. The van der Waals surface area contributed by atoms with E-state index in [4.69, 9.17) is 14.4 Å². The summed E-state index contributed by atoms with van der Waals surface area (Å²) in [5.41, 5.74) is 0.336. The molecule has 0 saturated carbocycles. The highest BCUT2D eigenvalue weighted by molar-refractivity contribution is 5.48. The lowest BCUT2D eigenvalue weighted by atomic mass is 10.2. The lowest BCUT2D eigenvalue weighted by Crippen LogP contribution is -2.00. The Morgan fingerprint density at radius 1 is 1.50 bits per heavy atom. The molecule has 0 amide bonds. The summed E-state index contributed by atoms with van der Waals surface area (Å²) in [5, 5.41) is 23.6. The second-order valence-corrected chi connectivity index (χ2v) is 3.96. The van der Waals surface area contributed by atoms with Crippen molar-refractivity contribution in [2.45, 2.75) is 26.6 Å². The van der Waals surface area contributed by atoms with Crippen LogP contribution in [0, 0.1) is 10.1 Å². The molecule has 1 aromatic carbocycles. The number of aromatic nitrogens is 2. The molecular formula is C12H13N3O5. The van der Waals surface area contributed by atoms with Crippen molar-refractivity contribution in [1.82, 2.24) is 10.1 Å². The van der Waals surface area contributed by atoms with Crippen molar-refractivity contribution in [3.8, 4) is 5.75 Å². The minimum Gasteiger partial charge on any atom is -0.477 e. The summed E-state index contributed by atoms with van der Waals surface area (Å²) in [5.74, 6) is 0.838. The average Bonchev–Trinajstić information content (AvgIpc) is 2.92. The van der Waals surface area contributed by atoms with E-state index in [0.717, 1.165) is 0 Å². The van der Waals surface area contributed by atoms with E-state index in [-0.39, 0.29) is 30.5 Å². The van der Waals surface area contributed by atoms with E-state index in [9.17, 15) is 10.1 Å². The summed E-state index contributed by atoms with van der Waals surface area (Å²) in [6, 6.07) is 4.16. The van der Waals surface area contributed by atoms with Gasteiger partial charge in [-0.15, -0.1) is 0 Å². The van der Waals surface area contributed by atoms with Gasteiger partial charge in [-0.05, 0) is 17.7 Å². The van der Waals surface area contributed by atoms with Gasteiger partial charge in [-0.2, -0.15) is 4.98 Å². The molecule has 0 fully saturated rings. The van der Waals surface area contributed by atoms with E-state index in [2.05, 4.69) is 10.1 Å². The second-order valence-electron chi connectivity index (χ2n) is 3.96. The third-order valence-electron chi connectivity index (χ3n) is 2.58. The Balaban J connectivity index is 2.16. The van der Waals surface area contributed by atoms with Crippen LogP contribution in [0.4, 0.5) is 5.69 Å². The van der Waals surface area contributed by atoms with Gasteiger partial charge in [-0.25, -0.2) is 0 Å². The Bertz CT molecular complexity index is 611. The van der Waals surface area contributed by atoms with Crippen molar-refractivity contribution in [2.24, 2.45) is 0 Å². The zero-order valence-corrected chi connectivity index (χ0v) is 10.8. The third-order valence-corrected chi connectivity index (χ3v) is 2.58. The molecule has 0 radical (unpaired) electrons. The van der Waals surface area contributed by atoms with Crippen LogP contribution in [0.1, 0.15) is 24.2 Å². The summed E-state index contributed by atoms with van der Waals surface area (Å²) >= 11 is 0. The van der Waals surface area contributed by atoms with Crippen LogP contribution in [0.5, 0.6) is 5.75 Å². The first kappa shape index (κ1) is 13.9. The fourth-order valence-electron chi connectivity index (χ4n) is 1.56. The number of ether oxygens (including phenoxy) is 1. The van der Waals surface area contributed by atoms with Crippen LogP contribution < -0.4 is 4.74 Å². The number of nitro groups is 1. The van der Waals surface area contributed by atoms with Crippen LogP contribution in [0.3, 0.4) is 0 Å². The molecule has 0 aliphatic carbocycles. The maximum absolute atomic E-state index is 10.9. The average molecular weight is 279 g/mol. The van der Waals surface area contributed by atoms with Gasteiger partial charge in [0.2, 0.25) is 0 Å². The first-order valence-electron chi connectivity index (χ1n) is 5.96. The van der Waals surface area contributed by atoms with Gasteiger partial charge in [-0.3, -0.25) is 10.1 Å². The number of rotatable bonds is 6. The van der Waals surface area contributed by atoms with Gasteiger partial charge in [0.05, 0.1) is 11.5 Å². The zero-order valence-electron chi connectivity index (χ0n) is 10.8. The van der Waals surface area contributed by atoms with E-state index in [0.29, 0.717) is 17.8 Å². The van der Waals surface area contributed by atoms with Crippen molar-refractivity contribution in [2.75, 3.05) is 0 Å². The van der Waals surface area contributed by atoms with E-state index in [1.54, 1.807) is 0 Å². The predicted octanol–water partition coefficient (Wildman–Crippen LogP) is 1.61. The first-order chi connectivity index (χ1) is 9.63. The maximum Gasteiger partial charge on any atom is 0.310 e.